The molecule has 4 aromatic heterocycles. The van der Waals surface area contributed by atoms with Crippen molar-refractivity contribution in [1.82, 2.24) is 19.9 Å². The number of hydrogen-bond acceptors (Lipinski definition) is 4. The van der Waals surface area contributed by atoms with Gasteiger partial charge in [0.2, 0.25) is 0 Å². The van der Waals surface area contributed by atoms with E-state index >= 15 is 0 Å². The van der Waals surface area contributed by atoms with Gasteiger partial charge in [-0.1, -0.05) is 103 Å². The average Bonchev–Trinajstić information content (AvgIpc) is 3.18. The number of hydrogen-bond donors (Lipinski definition) is 0. The number of nitrogens with zero attached hydrogens (tertiary/aromatic N) is 4. The Bertz CT molecular complexity index is 2810. The second-order valence-corrected chi connectivity index (χ2v) is 12.8. The molecule has 0 spiro atoms. The summed E-state index contributed by atoms with van der Waals surface area (Å²) in [7, 11) is 0. The Hall–Kier alpha value is -6.78. The van der Waals surface area contributed by atoms with E-state index < -0.39 is 0 Å². The fourth-order valence-corrected chi connectivity index (χ4v) is 6.95. The standard InChI is InChI=1S/C46H28N4/c1-3-11-33-25-43-36(22-30(33)9-1)17-20-41(48-43)45-27-38(32-13-7-14-35(24-32)40-19-16-29-8-5-6-15-39(29)47-40)28-46(50-45)42-21-18-37-23-31-10-2-4-12-34(31)26-44(37)49-42/h1-28H. The van der Waals surface area contributed by atoms with E-state index in [0.29, 0.717) is 0 Å². The van der Waals surface area contributed by atoms with E-state index in [-0.39, 0.29) is 0 Å². The number of pyridine rings is 4. The minimum absolute atomic E-state index is 0.794. The molecule has 4 heterocycles. The van der Waals surface area contributed by atoms with E-state index in [0.717, 1.165) is 77.9 Å². The van der Waals surface area contributed by atoms with Gasteiger partial charge in [0, 0.05) is 21.7 Å². The Kier molecular flexibility index (Phi) is 6.46. The van der Waals surface area contributed by atoms with Crippen molar-refractivity contribution in [3.05, 3.63) is 170 Å². The highest BCUT2D eigenvalue weighted by Crippen LogP contribution is 2.34. The first-order valence-electron chi connectivity index (χ1n) is 16.8. The lowest BCUT2D eigenvalue weighted by Crippen LogP contribution is -1.95. The molecular weight excluding hydrogens is 609 g/mol. The molecule has 0 fully saturated rings. The van der Waals surface area contributed by atoms with E-state index in [1.165, 1.54) is 21.5 Å². The van der Waals surface area contributed by atoms with Gasteiger partial charge in [0.1, 0.15) is 0 Å². The van der Waals surface area contributed by atoms with Crippen LogP contribution in [0.1, 0.15) is 0 Å². The molecule has 0 aliphatic carbocycles. The summed E-state index contributed by atoms with van der Waals surface area (Å²) in [5, 5.41) is 8.06. The van der Waals surface area contributed by atoms with Crippen LogP contribution in [0.2, 0.25) is 0 Å². The zero-order valence-electron chi connectivity index (χ0n) is 27.0. The van der Waals surface area contributed by atoms with Crippen LogP contribution >= 0.6 is 0 Å². The van der Waals surface area contributed by atoms with Crippen molar-refractivity contribution in [1.29, 1.82) is 0 Å². The summed E-state index contributed by atoms with van der Waals surface area (Å²) in [6.07, 6.45) is 0. The highest BCUT2D eigenvalue weighted by atomic mass is 14.8. The SMILES string of the molecule is c1cc(-c2cc(-c3ccc4cc5ccccc5cc4n3)nc(-c3ccc4cc5ccccc5cc4n3)c2)cc(-c2ccc3ccccc3n2)c1. The molecule has 232 valence electrons. The normalized spacial score (nSPS) is 11.6. The number of aromatic nitrogens is 4. The first-order chi connectivity index (χ1) is 24.7. The summed E-state index contributed by atoms with van der Waals surface area (Å²) in [5.41, 5.74) is 10.2. The van der Waals surface area contributed by atoms with Crippen LogP contribution in [0.4, 0.5) is 0 Å². The van der Waals surface area contributed by atoms with Crippen LogP contribution in [0.5, 0.6) is 0 Å². The Morgan fingerprint density at radius 3 is 1.32 bits per heavy atom. The van der Waals surface area contributed by atoms with Gasteiger partial charge in [-0.05, 0) is 99.4 Å². The number of rotatable bonds is 4. The quantitative estimate of drug-likeness (QED) is 0.180. The molecule has 0 saturated carbocycles. The third-order valence-electron chi connectivity index (χ3n) is 9.55. The van der Waals surface area contributed by atoms with Crippen molar-refractivity contribution in [3.63, 3.8) is 0 Å². The maximum Gasteiger partial charge on any atom is 0.0900 e. The van der Waals surface area contributed by atoms with Gasteiger partial charge in [-0.15, -0.1) is 0 Å². The molecule has 0 unspecified atom stereocenters. The van der Waals surface area contributed by atoms with Gasteiger partial charge in [-0.2, -0.15) is 0 Å². The van der Waals surface area contributed by atoms with Gasteiger partial charge in [-0.3, -0.25) is 0 Å². The Morgan fingerprint density at radius 2 is 0.700 bits per heavy atom. The lowest BCUT2D eigenvalue weighted by molar-refractivity contribution is 1.25. The predicted molar refractivity (Wildman–Crippen MR) is 207 cm³/mol. The van der Waals surface area contributed by atoms with E-state index in [2.05, 4.69) is 158 Å². The first kappa shape index (κ1) is 28.3. The van der Waals surface area contributed by atoms with Crippen molar-refractivity contribution in [2.75, 3.05) is 0 Å². The molecule has 0 N–H and O–H groups in total. The van der Waals surface area contributed by atoms with Gasteiger partial charge >= 0.3 is 0 Å². The second-order valence-electron chi connectivity index (χ2n) is 12.8. The van der Waals surface area contributed by atoms with Crippen molar-refractivity contribution in [2.45, 2.75) is 0 Å². The molecule has 0 aliphatic rings. The maximum absolute atomic E-state index is 5.22. The van der Waals surface area contributed by atoms with Crippen molar-refractivity contribution < 1.29 is 0 Å². The fourth-order valence-electron chi connectivity index (χ4n) is 6.95. The summed E-state index contributed by atoms with van der Waals surface area (Å²) in [4.78, 5) is 20.5. The highest BCUT2D eigenvalue weighted by Gasteiger charge is 2.14. The minimum Gasteiger partial charge on any atom is -0.248 e. The topological polar surface area (TPSA) is 51.6 Å². The first-order valence-corrected chi connectivity index (χ1v) is 16.8. The van der Waals surface area contributed by atoms with Crippen molar-refractivity contribution in [2.24, 2.45) is 0 Å². The summed E-state index contributed by atoms with van der Waals surface area (Å²) < 4.78 is 0. The largest absolute Gasteiger partial charge is 0.248 e. The predicted octanol–water partition coefficient (Wildman–Crippen LogP) is 11.7. The van der Waals surface area contributed by atoms with Crippen LogP contribution in [0.25, 0.3) is 99.4 Å². The summed E-state index contributed by atoms with van der Waals surface area (Å²) in [6, 6.07) is 59.3. The Morgan fingerprint density at radius 1 is 0.220 bits per heavy atom. The second kappa shape index (κ2) is 11.4. The molecule has 0 atom stereocenters. The lowest BCUT2D eigenvalue weighted by atomic mass is 9.99. The highest BCUT2D eigenvalue weighted by molar-refractivity contribution is 5.98. The van der Waals surface area contributed by atoms with E-state index in [9.17, 15) is 0 Å². The Labute approximate surface area is 288 Å². The molecule has 0 bridgehead atoms. The summed E-state index contributed by atoms with van der Waals surface area (Å²) >= 11 is 0. The zero-order chi connectivity index (χ0) is 33.0. The molecule has 10 aromatic rings. The number of benzene rings is 6. The van der Waals surface area contributed by atoms with Crippen LogP contribution in [0.15, 0.2) is 170 Å². The maximum atomic E-state index is 5.22. The lowest BCUT2D eigenvalue weighted by Gasteiger charge is -2.12. The fraction of sp³-hybridized carbons (Fsp3) is 0. The van der Waals surface area contributed by atoms with Gasteiger partial charge in [0.15, 0.2) is 0 Å². The monoisotopic (exact) mass is 636 g/mol. The van der Waals surface area contributed by atoms with Crippen LogP contribution in [-0.2, 0) is 0 Å². The Balaban J connectivity index is 1.14. The molecule has 4 heteroatoms. The molecule has 6 aromatic carbocycles. The van der Waals surface area contributed by atoms with E-state index in [1.54, 1.807) is 0 Å². The molecule has 0 aliphatic heterocycles. The van der Waals surface area contributed by atoms with Crippen molar-refractivity contribution >= 4 is 54.3 Å². The zero-order valence-corrected chi connectivity index (χ0v) is 27.0. The van der Waals surface area contributed by atoms with Crippen LogP contribution in [-0.4, -0.2) is 19.9 Å². The summed E-state index contributed by atoms with van der Waals surface area (Å²) in [5.74, 6) is 0. The minimum atomic E-state index is 0.794. The van der Waals surface area contributed by atoms with Crippen LogP contribution in [0.3, 0.4) is 0 Å². The van der Waals surface area contributed by atoms with Gasteiger partial charge in [-0.25, -0.2) is 19.9 Å². The third-order valence-corrected chi connectivity index (χ3v) is 9.55. The number of fused-ring (bicyclic) bond motifs is 5. The molecule has 4 nitrogen and oxygen atoms in total. The molecule has 0 saturated heterocycles. The van der Waals surface area contributed by atoms with Crippen molar-refractivity contribution in [3.8, 4) is 45.2 Å². The molecule has 10 rings (SSSR count). The van der Waals surface area contributed by atoms with Gasteiger partial charge < -0.3 is 0 Å². The molecule has 0 radical (unpaired) electrons. The molecule has 0 amide bonds. The third kappa shape index (κ3) is 5.02. The van der Waals surface area contributed by atoms with Gasteiger partial charge in [0.05, 0.1) is 45.0 Å². The molecule has 50 heavy (non-hydrogen) atoms. The smallest absolute Gasteiger partial charge is 0.0900 e. The van der Waals surface area contributed by atoms with Gasteiger partial charge in [0.25, 0.3) is 0 Å². The molecular formula is C46H28N4. The average molecular weight is 637 g/mol. The van der Waals surface area contributed by atoms with Crippen LogP contribution in [0, 0.1) is 0 Å². The number of para-hydroxylation sites is 1. The van der Waals surface area contributed by atoms with E-state index in [4.69, 9.17) is 19.9 Å². The van der Waals surface area contributed by atoms with Crippen LogP contribution < -0.4 is 0 Å². The van der Waals surface area contributed by atoms with E-state index in [1.807, 2.05) is 12.1 Å². The summed E-state index contributed by atoms with van der Waals surface area (Å²) in [6.45, 7) is 0.